The monoisotopic (exact) mass is 580 g/mol. The number of ether oxygens (including phenoxy) is 2. The molecule has 5 rings (SSSR count). The number of carbonyl (C=O) groups is 2. The number of hydrogen-bond acceptors (Lipinski definition) is 6. The first-order valence-electron chi connectivity index (χ1n) is 14.8. The SMILES string of the molecule is C=CC1=C(C)c2cc3nc(c(C)c4[nH]c(cc5[nH]c(cc1n2)c(C)c5CC)c(C)c4C(=O)OC)[C@@H](CCC(=O)OC)[C@@H]3C. The number of methoxy groups -OCH3 is 2. The summed E-state index contributed by atoms with van der Waals surface area (Å²) < 4.78 is 10.2. The molecule has 8 nitrogen and oxygen atoms in total. The first-order valence-corrected chi connectivity index (χ1v) is 14.8. The van der Waals surface area contributed by atoms with E-state index in [2.05, 4.69) is 56.4 Å². The van der Waals surface area contributed by atoms with E-state index in [-0.39, 0.29) is 24.2 Å². The molecule has 8 bridgehead atoms. The molecule has 5 heterocycles. The van der Waals surface area contributed by atoms with Crippen molar-refractivity contribution in [1.82, 2.24) is 19.9 Å². The van der Waals surface area contributed by atoms with E-state index in [1.165, 1.54) is 19.8 Å². The van der Waals surface area contributed by atoms with E-state index in [1.807, 2.05) is 26.0 Å². The highest BCUT2D eigenvalue weighted by Gasteiger charge is 2.32. The number of fused-ring (bicyclic) bond motifs is 8. The second-order valence-corrected chi connectivity index (χ2v) is 11.4. The Morgan fingerprint density at radius 1 is 0.930 bits per heavy atom. The standard InChI is InChI=1S/C35H40N4O4/c1-10-22-17(3)25-14-27-19(5)24(12-13-31(40)42-8)33(38-27)21(7)34-32(35(41)43-9)20(6)28(39-34)16-30-23(11-2)18(4)26(37-30)15-29(22)36-25/h10,14-16,19,24,37,39H,1,11-13H2,2-9H3/t19-,24-/m0/s1. The van der Waals surface area contributed by atoms with Crippen LogP contribution in [0.25, 0.3) is 33.2 Å². The Labute approximate surface area is 252 Å². The number of aromatic nitrogens is 4. The van der Waals surface area contributed by atoms with Gasteiger partial charge in [0.25, 0.3) is 0 Å². The summed E-state index contributed by atoms with van der Waals surface area (Å²) in [6.45, 7) is 16.4. The topological polar surface area (TPSA) is 110 Å². The Bertz CT molecular complexity index is 1860. The fourth-order valence-electron chi connectivity index (χ4n) is 6.51. The van der Waals surface area contributed by atoms with Crippen LogP contribution in [0, 0.1) is 20.8 Å². The lowest BCUT2D eigenvalue weighted by Crippen LogP contribution is -2.09. The van der Waals surface area contributed by atoms with Gasteiger partial charge in [-0.25, -0.2) is 9.78 Å². The summed E-state index contributed by atoms with van der Waals surface area (Å²) in [6.07, 6.45) is 3.51. The van der Waals surface area contributed by atoms with Gasteiger partial charge in [-0.2, -0.15) is 0 Å². The molecule has 0 aliphatic carbocycles. The van der Waals surface area contributed by atoms with E-state index >= 15 is 0 Å². The molecule has 8 heteroatoms. The molecule has 0 amide bonds. The molecule has 0 spiro atoms. The zero-order valence-electron chi connectivity index (χ0n) is 26.3. The average Bonchev–Trinajstić information content (AvgIpc) is 3.68. The molecule has 224 valence electrons. The summed E-state index contributed by atoms with van der Waals surface area (Å²) in [5.74, 6) is -0.742. The van der Waals surface area contributed by atoms with Crippen molar-refractivity contribution in [3.8, 4) is 0 Å². The first-order chi connectivity index (χ1) is 20.5. The molecule has 2 atom stereocenters. The van der Waals surface area contributed by atoms with Crippen LogP contribution in [0.2, 0.25) is 0 Å². The van der Waals surface area contributed by atoms with Gasteiger partial charge in [-0.15, -0.1) is 0 Å². The van der Waals surface area contributed by atoms with Crippen LogP contribution >= 0.6 is 0 Å². The lowest BCUT2D eigenvalue weighted by molar-refractivity contribution is -0.140. The van der Waals surface area contributed by atoms with Crippen LogP contribution in [0.15, 0.2) is 30.9 Å². The van der Waals surface area contributed by atoms with Gasteiger partial charge in [-0.3, -0.25) is 9.78 Å². The molecule has 2 aliphatic heterocycles. The number of carbonyl (C=O) groups excluding carboxylic acids is 2. The van der Waals surface area contributed by atoms with Gasteiger partial charge in [-0.1, -0.05) is 26.5 Å². The summed E-state index contributed by atoms with van der Waals surface area (Å²) in [4.78, 5) is 42.8. The first kappa shape index (κ1) is 30.0. The van der Waals surface area contributed by atoms with Crippen molar-refractivity contribution in [3.05, 3.63) is 81.4 Å². The zero-order chi connectivity index (χ0) is 31.2. The largest absolute Gasteiger partial charge is 0.469 e. The summed E-state index contributed by atoms with van der Waals surface area (Å²) in [5, 5.41) is 0. The lowest BCUT2D eigenvalue weighted by Gasteiger charge is -2.16. The number of aromatic amines is 2. The average molecular weight is 581 g/mol. The van der Waals surface area contributed by atoms with Crippen molar-refractivity contribution in [2.45, 2.75) is 72.6 Å². The van der Waals surface area contributed by atoms with Crippen LogP contribution in [-0.4, -0.2) is 46.1 Å². The van der Waals surface area contributed by atoms with Gasteiger partial charge in [0.2, 0.25) is 0 Å². The highest BCUT2D eigenvalue weighted by molar-refractivity contribution is 6.03. The molecule has 0 unspecified atom stereocenters. The van der Waals surface area contributed by atoms with E-state index in [9.17, 15) is 9.59 Å². The summed E-state index contributed by atoms with van der Waals surface area (Å²) in [5.41, 5.74) is 13.3. The van der Waals surface area contributed by atoms with Gasteiger partial charge in [-0.05, 0) is 86.6 Å². The normalized spacial score (nSPS) is 16.4. The predicted molar refractivity (Wildman–Crippen MR) is 171 cm³/mol. The van der Waals surface area contributed by atoms with E-state index in [0.29, 0.717) is 17.5 Å². The third-order valence-electron chi connectivity index (χ3n) is 9.16. The van der Waals surface area contributed by atoms with Gasteiger partial charge < -0.3 is 19.4 Å². The van der Waals surface area contributed by atoms with Crippen LogP contribution < -0.4 is 0 Å². The fourth-order valence-corrected chi connectivity index (χ4v) is 6.51. The van der Waals surface area contributed by atoms with Crippen molar-refractivity contribution in [2.75, 3.05) is 14.2 Å². The molecule has 43 heavy (non-hydrogen) atoms. The number of esters is 2. The third kappa shape index (κ3) is 5.09. The maximum absolute atomic E-state index is 13.2. The highest BCUT2D eigenvalue weighted by atomic mass is 16.5. The summed E-state index contributed by atoms with van der Waals surface area (Å²) in [7, 11) is 2.80. The Morgan fingerprint density at radius 2 is 1.65 bits per heavy atom. The highest BCUT2D eigenvalue weighted by Crippen LogP contribution is 2.43. The third-order valence-corrected chi connectivity index (χ3v) is 9.16. The van der Waals surface area contributed by atoms with Crippen LogP contribution in [0.1, 0.15) is 101 Å². The number of aryl methyl sites for hydroxylation is 4. The molecule has 0 saturated heterocycles. The van der Waals surface area contributed by atoms with Crippen LogP contribution in [0.5, 0.6) is 0 Å². The molecular weight excluding hydrogens is 540 g/mol. The Kier molecular flexibility index (Phi) is 8.14. The molecule has 0 aromatic carbocycles. The number of nitrogens with zero attached hydrogens (tertiary/aromatic N) is 2. The van der Waals surface area contributed by atoms with E-state index in [1.54, 1.807) is 0 Å². The number of hydrogen-bond donors (Lipinski definition) is 2. The van der Waals surface area contributed by atoms with E-state index < -0.39 is 5.97 Å². The fraction of sp³-hybridized carbons (Fsp3) is 0.371. The van der Waals surface area contributed by atoms with E-state index in [4.69, 9.17) is 19.4 Å². The minimum Gasteiger partial charge on any atom is -0.469 e. The number of allylic oxidation sites excluding steroid dienone is 3. The van der Waals surface area contributed by atoms with Crippen molar-refractivity contribution >= 4 is 45.2 Å². The van der Waals surface area contributed by atoms with Crippen molar-refractivity contribution in [1.29, 1.82) is 0 Å². The van der Waals surface area contributed by atoms with Gasteiger partial charge in [0, 0.05) is 51.8 Å². The molecule has 2 aliphatic rings. The lowest BCUT2D eigenvalue weighted by atomic mass is 9.85. The molecular formula is C35H40N4O4. The molecule has 0 fully saturated rings. The second kappa shape index (κ2) is 11.7. The second-order valence-electron chi connectivity index (χ2n) is 11.4. The Morgan fingerprint density at radius 3 is 2.30 bits per heavy atom. The van der Waals surface area contributed by atoms with Crippen molar-refractivity contribution in [3.63, 3.8) is 0 Å². The smallest absolute Gasteiger partial charge is 0.340 e. The van der Waals surface area contributed by atoms with Crippen LogP contribution in [-0.2, 0) is 20.7 Å². The minimum absolute atomic E-state index is 0.00423. The maximum atomic E-state index is 13.2. The van der Waals surface area contributed by atoms with Gasteiger partial charge in [0.05, 0.1) is 36.7 Å². The van der Waals surface area contributed by atoms with Gasteiger partial charge >= 0.3 is 11.9 Å². The number of nitrogens with one attached hydrogen (secondary N) is 2. The molecule has 0 radical (unpaired) electrons. The van der Waals surface area contributed by atoms with Crippen molar-refractivity contribution < 1.29 is 19.1 Å². The molecule has 2 N–H and O–H groups in total. The molecule has 0 saturated carbocycles. The summed E-state index contributed by atoms with van der Waals surface area (Å²) in [6, 6.07) is 6.20. The van der Waals surface area contributed by atoms with Gasteiger partial charge in [0.15, 0.2) is 0 Å². The Hall–Kier alpha value is -4.46. The number of H-pyrrole nitrogens is 2. The quantitative estimate of drug-likeness (QED) is 0.291. The van der Waals surface area contributed by atoms with Crippen LogP contribution in [0.4, 0.5) is 0 Å². The summed E-state index contributed by atoms with van der Waals surface area (Å²) >= 11 is 0. The number of rotatable bonds is 6. The van der Waals surface area contributed by atoms with Gasteiger partial charge in [0.1, 0.15) is 0 Å². The zero-order valence-corrected chi connectivity index (χ0v) is 26.3. The minimum atomic E-state index is -0.414. The molecule has 3 aromatic heterocycles. The van der Waals surface area contributed by atoms with Crippen LogP contribution in [0.3, 0.4) is 0 Å². The maximum Gasteiger partial charge on any atom is 0.340 e. The van der Waals surface area contributed by atoms with Crippen molar-refractivity contribution in [2.24, 2.45) is 0 Å². The Balaban J connectivity index is 1.97. The molecule has 3 aromatic rings. The van der Waals surface area contributed by atoms with E-state index in [0.717, 1.165) is 73.6 Å². The predicted octanol–water partition coefficient (Wildman–Crippen LogP) is 7.55.